The molecule has 1 aromatic rings. The molecule has 21 heavy (non-hydrogen) atoms. The summed E-state index contributed by atoms with van der Waals surface area (Å²) in [5.41, 5.74) is 1.02. The Labute approximate surface area is 127 Å². The van der Waals surface area contributed by atoms with Crippen molar-refractivity contribution in [2.45, 2.75) is 24.3 Å². The van der Waals surface area contributed by atoms with Crippen LogP contribution in [0.3, 0.4) is 0 Å². The van der Waals surface area contributed by atoms with Crippen LogP contribution >= 0.6 is 0 Å². The van der Waals surface area contributed by atoms with E-state index in [0.29, 0.717) is 19.0 Å². The molecule has 8 heteroatoms. The molecule has 0 fully saturated rings. The first kappa shape index (κ1) is 18.3. The molecule has 0 aromatic heterocycles. The van der Waals surface area contributed by atoms with E-state index in [1.54, 1.807) is 24.3 Å². The molecular weight excluding hydrogens is 310 g/mol. The SMILES string of the molecule is CO[Si](CCCNS(=O)(=O)c1ccc(C)cc1)(OC)OC. The molecule has 0 aliphatic rings. The van der Waals surface area contributed by atoms with Gasteiger partial charge in [0.15, 0.2) is 0 Å². The van der Waals surface area contributed by atoms with E-state index in [1.807, 2.05) is 6.92 Å². The van der Waals surface area contributed by atoms with Gasteiger partial charge >= 0.3 is 8.80 Å². The third-order valence-electron chi connectivity index (χ3n) is 3.22. The molecule has 0 aliphatic carbocycles. The van der Waals surface area contributed by atoms with Crippen molar-refractivity contribution in [2.24, 2.45) is 0 Å². The van der Waals surface area contributed by atoms with Gasteiger partial charge in [0.2, 0.25) is 10.0 Å². The van der Waals surface area contributed by atoms with Crippen LogP contribution in [0.1, 0.15) is 12.0 Å². The lowest BCUT2D eigenvalue weighted by Gasteiger charge is -2.24. The van der Waals surface area contributed by atoms with Crippen molar-refractivity contribution in [3.05, 3.63) is 29.8 Å². The van der Waals surface area contributed by atoms with Crippen molar-refractivity contribution >= 4 is 18.8 Å². The van der Waals surface area contributed by atoms with Crippen LogP contribution in [0.25, 0.3) is 0 Å². The molecule has 0 radical (unpaired) electrons. The summed E-state index contributed by atoms with van der Waals surface area (Å²) in [4.78, 5) is 0.266. The number of hydrogen-bond acceptors (Lipinski definition) is 5. The second-order valence-electron chi connectivity index (χ2n) is 4.61. The smallest absolute Gasteiger partial charge is 0.377 e. The summed E-state index contributed by atoms with van der Waals surface area (Å²) in [5, 5.41) is 0. The standard InChI is InChI=1S/C13H23NO5SSi/c1-12-6-8-13(9-7-12)20(15,16)14-10-5-11-21(17-2,18-3)19-4/h6-9,14H,5,10-11H2,1-4H3. The van der Waals surface area contributed by atoms with Gasteiger partial charge in [-0.2, -0.15) is 0 Å². The van der Waals surface area contributed by atoms with Crippen LogP contribution in [0, 0.1) is 6.92 Å². The second kappa shape index (κ2) is 8.02. The number of sulfonamides is 1. The highest BCUT2D eigenvalue weighted by atomic mass is 32.2. The predicted molar refractivity (Wildman–Crippen MR) is 82.6 cm³/mol. The number of rotatable bonds is 9. The highest BCUT2D eigenvalue weighted by Gasteiger charge is 2.36. The number of nitrogens with one attached hydrogen (secondary N) is 1. The van der Waals surface area contributed by atoms with Crippen LogP contribution in [0.4, 0.5) is 0 Å². The average Bonchev–Trinajstić information content (AvgIpc) is 2.49. The normalized spacial score (nSPS) is 12.6. The largest absolute Gasteiger partial charge is 0.500 e. The Bertz CT molecular complexity index is 520. The molecule has 6 nitrogen and oxygen atoms in total. The molecule has 1 aromatic carbocycles. The van der Waals surface area contributed by atoms with Crippen LogP contribution in [-0.4, -0.2) is 45.1 Å². The zero-order valence-corrected chi connectivity index (χ0v) is 14.7. The van der Waals surface area contributed by atoms with Gasteiger partial charge in [0, 0.05) is 33.9 Å². The first-order valence-electron chi connectivity index (χ1n) is 6.61. The Morgan fingerprint density at radius 3 is 2.05 bits per heavy atom. The summed E-state index contributed by atoms with van der Waals surface area (Å²) in [7, 11) is -1.50. The summed E-state index contributed by atoms with van der Waals surface area (Å²) >= 11 is 0. The van der Waals surface area contributed by atoms with Gasteiger partial charge in [0.05, 0.1) is 4.90 Å². The van der Waals surface area contributed by atoms with Gasteiger partial charge in [-0.1, -0.05) is 17.7 Å². The Balaban J connectivity index is 2.53. The summed E-state index contributed by atoms with van der Waals surface area (Å²) in [6.45, 7) is 2.22. The van der Waals surface area contributed by atoms with Gasteiger partial charge < -0.3 is 13.3 Å². The zero-order valence-electron chi connectivity index (χ0n) is 12.9. The third kappa shape index (κ3) is 5.17. The van der Waals surface area contributed by atoms with Crippen LogP contribution in [0.15, 0.2) is 29.2 Å². The van der Waals surface area contributed by atoms with E-state index >= 15 is 0 Å². The minimum atomic E-state index is -3.47. The maximum atomic E-state index is 12.1. The topological polar surface area (TPSA) is 73.9 Å². The second-order valence-corrected chi connectivity index (χ2v) is 9.47. The third-order valence-corrected chi connectivity index (χ3v) is 7.53. The summed E-state index contributed by atoms with van der Waals surface area (Å²) in [5.74, 6) is 0. The number of aryl methyl sites for hydroxylation is 1. The van der Waals surface area contributed by atoms with Gasteiger partial charge in [-0.25, -0.2) is 13.1 Å². The molecule has 0 atom stereocenters. The summed E-state index contributed by atoms with van der Waals surface area (Å²) < 4.78 is 42.6. The molecular formula is C13H23NO5SSi. The summed E-state index contributed by atoms with van der Waals surface area (Å²) in [6.07, 6.45) is 0.576. The van der Waals surface area contributed by atoms with Crippen LogP contribution in [0.5, 0.6) is 0 Å². The van der Waals surface area contributed by atoms with E-state index in [1.165, 1.54) is 21.3 Å². The van der Waals surface area contributed by atoms with Crippen molar-refractivity contribution in [1.29, 1.82) is 0 Å². The fraction of sp³-hybridized carbons (Fsp3) is 0.538. The Morgan fingerprint density at radius 2 is 1.57 bits per heavy atom. The lowest BCUT2D eigenvalue weighted by Crippen LogP contribution is -2.43. The predicted octanol–water partition coefficient (Wildman–Crippen LogP) is 1.54. The highest BCUT2D eigenvalue weighted by Crippen LogP contribution is 2.15. The van der Waals surface area contributed by atoms with E-state index in [-0.39, 0.29) is 4.90 Å². The minimum Gasteiger partial charge on any atom is -0.377 e. The molecule has 1 rings (SSSR count). The van der Waals surface area contributed by atoms with Crippen LogP contribution < -0.4 is 4.72 Å². The molecule has 0 heterocycles. The summed E-state index contributed by atoms with van der Waals surface area (Å²) in [6, 6.07) is 7.28. The Morgan fingerprint density at radius 1 is 1.05 bits per heavy atom. The average molecular weight is 333 g/mol. The van der Waals surface area contributed by atoms with Gasteiger partial charge in [-0.15, -0.1) is 0 Å². The van der Waals surface area contributed by atoms with E-state index in [2.05, 4.69) is 4.72 Å². The Hall–Kier alpha value is -0.773. The number of benzene rings is 1. The fourth-order valence-corrected chi connectivity index (χ4v) is 4.66. The quantitative estimate of drug-likeness (QED) is 0.548. The highest BCUT2D eigenvalue weighted by molar-refractivity contribution is 7.89. The zero-order chi connectivity index (χ0) is 15.9. The van der Waals surface area contributed by atoms with Crippen molar-refractivity contribution in [2.75, 3.05) is 27.9 Å². The first-order chi connectivity index (χ1) is 9.89. The van der Waals surface area contributed by atoms with Crippen molar-refractivity contribution in [3.8, 4) is 0 Å². The van der Waals surface area contributed by atoms with Crippen LogP contribution in [0.2, 0.25) is 6.04 Å². The monoisotopic (exact) mass is 333 g/mol. The molecule has 1 N–H and O–H groups in total. The molecule has 120 valence electrons. The van der Waals surface area contributed by atoms with Gasteiger partial charge in [0.25, 0.3) is 0 Å². The molecule has 0 amide bonds. The lowest BCUT2D eigenvalue weighted by molar-refractivity contribution is 0.123. The molecule has 0 saturated carbocycles. The van der Waals surface area contributed by atoms with E-state index in [4.69, 9.17) is 13.3 Å². The van der Waals surface area contributed by atoms with Gasteiger partial charge in [-0.3, -0.25) is 0 Å². The van der Waals surface area contributed by atoms with E-state index in [0.717, 1.165) is 5.56 Å². The van der Waals surface area contributed by atoms with E-state index < -0.39 is 18.8 Å². The molecule has 0 spiro atoms. The van der Waals surface area contributed by atoms with Gasteiger partial charge in [0.1, 0.15) is 0 Å². The van der Waals surface area contributed by atoms with Crippen molar-refractivity contribution in [3.63, 3.8) is 0 Å². The molecule has 0 aliphatic heterocycles. The van der Waals surface area contributed by atoms with Crippen molar-refractivity contribution in [1.82, 2.24) is 4.72 Å². The Kier molecular flexibility index (Phi) is 6.98. The van der Waals surface area contributed by atoms with Gasteiger partial charge in [-0.05, 0) is 25.5 Å². The van der Waals surface area contributed by atoms with E-state index in [9.17, 15) is 8.42 Å². The maximum Gasteiger partial charge on any atom is 0.500 e. The maximum absolute atomic E-state index is 12.1. The molecule has 0 bridgehead atoms. The molecule has 0 unspecified atom stereocenters. The fourth-order valence-electron chi connectivity index (χ4n) is 1.87. The van der Waals surface area contributed by atoms with Crippen LogP contribution in [-0.2, 0) is 23.3 Å². The lowest BCUT2D eigenvalue weighted by atomic mass is 10.2. The first-order valence-corrected chi connectivity index (χ1v) is 10.0. The molecule has 0 saturated heterocycles. The van der Waals surface area contributed by atoms with Crippen molar-refractivity contribution < 1.29 is 21.7 Å². The number of hydrogen-bond donors (Lipinski definition) is 1. The minimum absolute atomic E-state index is 0.266.